The van der Waals surface area contributed by atoms with E-state index < -0.39 is 5.97 Å². The van der Waals surface area contributed by atoms with E-state index in [1.54, 1.807) is 12.3 Å². The number of piperazine rings is 1. The summed E-state index contributed by atoms with van der Waals surface area (Å²) in [5.41, 5.74) is 2.21. The van der Waals surface area contributed by atoms with E-state index >= 15 is 0 Å². The van der Waals surface area contributed by atoms with Crippen molar-refractivity contribution < 1.29 is 14.7 Å². The Balaban J connectivity index is 1.60. The molecule has 126 valence electrons. The predicted molar refractivity (Wildman–Crippen MR) is 92.0 cm³/mol. The van der Waals surface area contributed by atoms with Gasteiger partial charge in [-0.25, -0.2) is 9.78 Å². The van der Waals surface area contributed by atoms with Gasteiger partial charge in [0, 0.05) is 50.6 Å². The van der Waals surface area contributed by atoms with Crippen LogP contribution in [0.4, 0.5) is 0 Å². The molecule has 1 aliphatic rings. The maximum Gasteiger partial charge on any atom is 0.355 e. The van der Waals surface area contributed by atoms with Gasteiger partial charge in [-0.1, -0.05) is 24.3 Å². The van der Waals surface area contributed by atoms with Crippen LogP contribution in [0.5, 0.6) is 0 Å². The summed E-state index contributed by atoms with van der Waals surface area (Å²) >= 11 is 1.34. The zero-order valence-electron chi connectivity index (χ0n) is 13.4. The van der Waals surface area contributed by atoms with Crippen LogP contribution in [0.15, 0.2) is 29.6 Å². The maximum absolute atomic E-state index is 11.3. The normalized spacial score (nSPS) is 15.5. The molecule has 6 nitrogen and oxygen atoms in total. The van der Waals surface area contributed by atoms with Gasteiger partial charge in [-0.15, -0.1) is 11.3 Å². The minimum atomic E-state index is -1.00. The first-order valence-electron chi connectivity index (χ1n) is 7.79. The maximum atomic E-state index is 11.3. The van der Waals surface area contributed by atoms with Crippen LogP contribution >= 0.6 is 11.3 Å². The Labute approximate surface area is 144 Å². The van der Waals surface area contributed by atoms with E-state index in [-0.39, 0.29) is 11.6 Å². The summed E-state index contributed by atoms with van der Waals surface area (Å²) in [6, 6.07) is 8.06. The van der Waals surface area contributed by atoms with Crippen LogP contribution in [0.3, 0.4) is 0 Å². The molecule has 1 aliphatic heterocycles. The van der Waals surface area contributed by atoms with Crippen molar-refractivity contribution >= 4 is 23.2 Å². The van der Waals surface area contributed by atoms with Crippen LogP contribution in [0, 0.1) is 0 Å². The second-order valence-corrected chi connectivity index (χ2v) is 6.68. The highest BCUT2D eigenvalue weighted by atomic mass is 32.1. The molecule has 2 aromatic rings. The molecular formula is C17H19N3O3S. The molecule has 1 saturated heterocycles. The van der Waals surface area contributed by atoms with Crippen LogP contribution in [0.25, 0.3) is 10.6 Å². The Kier molecular flexibility index (Phi) is 4.92. The first-order valence-corrected chi connectivity index (χ1v) is 8.67. The second kappa shape index (κ2) is 7.11. The van der Waals surface area contributed by atoms with Gasteiger partial charge in [-0.3, -0.25) is 9.69 Å². The summed E-state index contributed by atoms with van der Waals surface area (Å²) in [4.78, 5) is 30.6. The second-order valence-electron chi connectivity index (χ2n) is 5.82. The number of aromatic carboxylic acids is 1. The molecular weight excluding hydrogens is 326 g/mol. The molecule has 0 spiro atoms. The van der Waals surface area contributed by atoms with Crippen molar-refractivity contribution in [2.45, 2.75) is 13.5 Å². The third-order valence-electron chi connectivity index (χ3n) is 4.15. The van der Waals surface area contributed by atoms with Gasteiger partial charge in [0.05, 0.1) is 0 Å². The van der Waals surface area contributed by atoms with Crippen LogP contribution in [-0.4, -0.2) is 57.9 Å². The Morgan fingerprint density at radius 3 is 2.38 bits per heavy atom. The number of carbonyl (C=O) groups excluding carboxylic acids is 1. The molecule has 24 heavy (non-hydrogen) atoms. The Morgan fingerprint density at radius 2 is 1.83 bits per heavy atom. The number of rotatable bonds is 4. The topological polar surface area (TPSA) is 73.7 Å². The number of benzene rings is 1. The minimum absolute atomic E-state index is 0.0856. The standard InChI is InChI=1S/C17H19N3O3S/c1-12(21)20-8-6-19(7-9-20)10-13-2-4-14(5-3-13)16-18-15(11-24-16)17(22)23/h2-5,11H,6-10H2,1H3,(H,22,23). The summed E-state index contributed by atoms with van der Waals surface area (Å²) in [5.74, 6) is -0.859. The van der Waals surface area contributed by atoms with E-state index in [4.69, 9.17) is 5.11 Å². The molecule has 1 aromatic heterocycles. The van der Waals surface area contributed by atoms with Crippen molar-refractivity contribution in [3.05, 3.63) is 40.9 Å². The van der Waals surface area contributed by atoms with Crippen molar-refractivity contribution in [1.82, 2.24) is 14.8 Å². The van der Waals surface area contributed by atoms with E-state index in [1.165, 1.54) is 16.9 Å². The average molecular weight is 345 g/mol. The molecule has 0 unspecified atom stereocenters. The monoisotopic (exact) mass is 345 g/mol. The number of thiazole rings is 1. The Bertz CT molecular complexity index is 734. The number of carboxylic acid groups (broad SMARTS) is 1. The SMILES string of the molecule is CC(=O)N1CCN(Cc2ccc(-c3nc(C(=O)O)cs3)cc2)CC1. The highest BCUT2D eigenvalue weighted by molar-refractivity contribution is 7.13. The quantitative estimate of drug-likeness (QED) is 0.919. The molecule has 7 heteroatoms. The first kappa shape index (κ1) is 16.6. The van der Waals surface area contributed by atoms with Gasteiger partial charge in [-0.2, -0.15) is 0 Å². The highest BCUT2D eigenvalue weighted by Crippen LogP contribution is 2.24. The van der Waals surface area contributed by atoms with Gasteiger partial charge in [0.1, 0.15) is 5.01 Å². The summed E-state index contributed by atoms with van der Waals surface area (Å²) < 4.78 is 0. The molecule has 0 saturated carbocycles. The van der Waals surface area contributed by atoms with Gasteiger partial charge in [0.15, 0.2) is 5.69 Å². The van der Waals surface area contributed by atoms with Crippen molar-refractivity contribution in [3.8, 4) is 10.6 Å². The largest absolute Gasteiger partial charge is 0.476 e. The summed E-state index contributed by atoms with van der Waals surface area (Å²) in [6.45, 7) is 5.80. The molecule has 0 radical (unpaired) electrons. The first-order chi connectivity index (χ1) is 11.5. The Morgan fingerprint density at radius 1 is 1.17 bits per heavy atom. The number of hydrogen-bond donors (Lipinski definition) is 1. The average Bonchev–Trinajstić information content (AvgIpc) is 3.06. The van der Waals surface area contributed by atoms with E-state index in [0.29, 0.717) is 5.01 Å². The Hall–Kier alpha value is -2.25. The van der Waals surface area contributed by atoms with Gasteiger partial charge in [0.2, 0.25) is 5.91 Å². The zero-order chi connectivity index (χ0) is 17.1. The fraction of sp³-hybridized carbons (Fsp3) is 0.353. The number of nitrogens with zero attached hydrogens (tertiary/aromatic N) is 3. The van der Waals surface area contributed by atoms with E-state index in [0.717, 1.165) is 38.3 Å². The number of amides is 1. The minimum Gasteiger partial charge on any atom is -0.476 e. The molecule has 0 bridgehead atoms. The van der Waals surface area contributed by atoms with Crippen molar-refractivity contribution in [1.29, 1.82) is 0 Å². The smallest absolute Gasteiger partial charge is 0.355 e. The fourth-order valence-corrected chi connectivity index (χ4v) is 3.54. The number of carboxylic acids is 1. The molecule has 1 N–H and O–H groups in total. The van der Waals surface area contributed by atoms with Crippen LogP contribution in [0.1, 0.15) is 23.0 Å². The third-order valence-corrected chi connectivity index (χ3v) is 5.04. The molecule has 1 fully saturated rings. The molecule has 3 rings (SSSR count). The van der Waals surface area contributed by atoms with Gasteiger partial charge in [-0.05, 0) is 5.56 Å². The van der Waals surface area contributed by atoms with Crippen LogP contribution in [-0.2, 0) is 11.3 Å². The molecule has 2 heterocycles. The van der Waals surface area contributed by atoms with Crippen molar-refractivity contribution in [2.24, 2.45) is 0 Å². The zero-order valence-corrected chi connectivity index (χ0v) is 14.3. The summed E-state index contributed by atoms with van der Waals surface area (Å²) in [7, 11) is 0. The molecule has 0 atom stereocenters. The van der Waals surface area contributed by atoms with Gasteiger partial charge >= 0.3 is 5.97 Å². The van der Waals surface area contributed by atoms with Crippen molar-refractivity contribution in [2.75, 3.05) is 26.2 Å². The van der Waals surface area contributed by atoms with Crippen LogP contribution < -0.4 is 0 Å². The fourth-order valence-electron chi connectivity index (χ4n) is 2.74. The van der Waals surface area contributed by atoms with E-state index in [1.807, 2.05) is 17.0 Å². The van der Waals surface area contributed by atoms with E-state index in [2.05, 4.69) is 22.0 Å². The number of aromatic nitrogens is 1. The van der Waals surface area contributed by atoms with Gasteiger partial charge < -0.3 is 10.0 Å². The lowest BCUT2D eigenvalue weighted by molar-refractivity contribution is -0.130. The number of hydrogen-bond acceptors (Lipinski definition) is 5. The summed E-state index contributed by atoms with van der Waals surface area (Å²) in [5, 5.41) is 11.2. The molecule has 1 aromatic carbocycles. The van der Waals surface area contributed by atoms with Crippen molar-refractivity contribution in [3.63, 3.8) is 0 Å². The lowest BCUT2D eigenvalue weighted by atomic mass is 10.1. The lowest BCUT2D eigenvalue weighted by Gasteiger charge is -2.34. The van der Waals surface area contributed by atoms with E-state index in [9.17, 15) is 9.59 Å². The highest BCUT2D eigenvalue weighted by Gasteiger charge is 2.18. The van der Waals surface area contributed by atoms with Gasteiger partial charge in [0.25, 0.3) is 0 Å². The van der Waals surface area contributed by atoms with Crippen LogP contribution in [0.2, 0.25) is 0 Å². The predicted octanol–water partition coefficient (Wildman–Crippen LogP) is 2.17. The molecule has 1 amide bonds. The lowest BCUT2D eigenvalue weighted by Crippen LogP contribution is -2.47. The number of carbonyl (C=O) groups is 2. The summed E-state index contributed by atoms with van der Waals surface area (Å²) in [6.07, 6.45) is 0. The molecule has 0 aliphatic carbocycles. The third kappa shape index (κ3) is 3.80.